The average molecular weight is 336 g/mol. The van der Waals surface area contributed by atoms with Gasteiger partial charge in [0.05, 0.1) is 16.7 Å². The molecule has 128 valence electrons. The molecule has 3 rings (SSSR count). The van der Waals surface area contributed by atoms with Crippen LogP contribution in [0.4, 0.5) is 0 Å². The van der Waals surface area contributed by atoms with Crippen LogP contribution in [0.2, 0.25) is 0 Å². The van der Waals surface area contributed by atoms with E-state index < -0.39 is 0 Å². The van der Waals surface area contributed by atoms with Crippen molar-refractivity contribution in [3.63, 3.8) is 0 Å². The maximum atomic E-state index is 12.3. The number of phenolic OH excluding ortho intramolecular Hbond substituents is 1. The summed E-state index contributed by atoms with van der Waals surface area (Å²) in [5, 5.41) is 13.4. The highest BCUT2D eigenvalue weighted by molar-refractivity contribution is 6.01. The Hall–Kier alpha value is -3.15. The van der Waals surface area contributed by atoms with Crippen molar-refractivity contribution in [1.29, 1.82) is 0 Å². The molecule has 0 unspecified atom stereocenters. The summed E-state index contributed by atoms with van der Waals surface area (Å²) in [6.07, 6.45) is 0. The standard InChI is InChI=1S/C19H20N4O2/c1-4-23-13(3)20-17-11-15(7-10-18(17)23)19(25)22-21-12(2)14-5-8-16(24)9-6-14/h5-11,24H,4H2,1-3H3,(H,22,25)/b21-12-. The molecule has 25 heavy (non-hydrogen) atoms. The van der Waals surface area contributed by atoms with Gasteiger partial charge in [-0.05, 0) is 68.8 Å². The number of nitrogens with one attached hydrogen (secondary N) is 1. The number of hydrogen-bond donors (Lipinski definition) is 2. The summed E-state index contributed by atoms with van der Waals surface area (Å²) in [4.78, 5) is 16.8. The average Bonchev–Trinajstić information content (AvgIpc) is 2.93. The Morgan fingerprint density at radius 2 is 1.88 bits per heavy atom. The van der Waals surface area contributed by atoms with Crippen LogP contribution in [-0.4, -0.2) is 26.3 Å². The largest absolute Gasteiger partial charge is 0.508 e. The molecule has 1 heterocycles. The molecular formula is C19H20N4O2. The molecule has 6 nitrogen and oxygen atoms in total. The Morgan fingerprint density at radius 1 is 1.20 bits per heavy atom. The Bertz CT molecular complexity index is 955. The van der Waals surface area contributed by atoms with E-state index in [9.17, 15) is 9.90 Å². The van der Waals surface area contributed by atoms with E-state index in [0.717, 1.165) is 29.0 Å². The van der Waals surface area contributed by atoms with Crippen molar-refractivity contribution in [2.75, 3.05) is 0 Å². The van der Waals surface area contributed by atoms with Crippen LogP contribution in [-0.2, 0) is 6.54 Å². The van der Waals surface area contributed by atoms with Crippen molar-refractivity contribution in [1.82, 2.24) is 15.0 Å². The number of fused-ring (bicyclic) bond motifs is 1. The molecule has 1 aromatic heterocycles. The van der Waals surface area contributed by atoms with Gasteiger partial charge in [-0.15, -0.1) is 0 Å². The minimum Gasteiger partial charge on any atom is -0.508 e. The molecule has 3 aromatic rings. The van der Waals surface area contributed by atoms with Gasteiger partial charge in [-0.1, -0.05) is 0 Å². The number of aryl methyl sites for hydroxylation is 2. The number of hydrogen-bond acceptors (Lipinski definition) is 4. The van der Waals surface area contributed by atoms with Gasteiger partial charge >= 0.3 is 0 Å². The second-order valence-electron chi connectivity index (χ2n) is 5.79. The lowest BCUT2D eigenvalue weighted by molar-refractivity contribution is 0.0955. The predicted octanol–water partition coefficient (Wildman–Crippen LogP) is 3.22. The van der Waals surface area contributed by atoms with Crippen molar-refractivity contribution in [2.45, 2.75) is 27.3 Å². The number of hydrazone groups is 1. The third-order valence-electron chi connectivity index (χ3n) is 4.13. The van der Waals surface area contributed by atoms with Gasteiger partial charge in [0.25, 0.3) is 5.91 Å². The second kappa shape index (κ2) is 6.76. The number of amides is 1. The van der Waals surface area contributed by atoms with Crippen molar-refractivity contribution >= 4 is 22.7 Å². The van der Waals surface area contributed by atoms with Crippen LogP contribution in [0.5, 0.6) is 5.75 Å². The number of aromatic nitrogens is 2. The first kappa shape index (κ1) is 16.7. The molecule has 0 saturated carbocycles. The SMILES string of the molecule is CCn1c(C)nc2cc(C(=O)N/N=C(/C)c3ccc(O)cc3)ccc21. The highest BCUT2D eigenvalue weighted by Gasteiger charge is 2.10. The summed E-state index contributed by atoms with van der Waals surface area (Å²) in [6, 6.07) is 12.1. The lowest BCUT2D eigenvalue weighted by Crippen LogP contribution is -2.19. The smallest absolute Gasteiger partial charge is 0.271 e. The Morgan fingerprint density at radius 3 is 2.56 bits per heavy atom. The van der Waals surface area contributed by atoms with Gasteiger partial charge in [-0.2, -0.15) is 5.10 Å². The molecule has 0 aliphatic carbocycles. The topological polar surface area (TPSA) is 79.5 Å². The molecule has 0 aliphatic rings. The van der Waals surface area contributed by atoms with E-state index in [4.69, 9.17) is 0 Å². The van der Waals surface area contributed by atoms with Gasteiger partial charge in [0.2, 0.25) is 0 Å². The van der Waals surface area contributed by atoms with Gasteiger partial charge in [0.1, 0.15) is 11.6 Å². The van der Waals surface area contributed by atoms with Crippen LogP contribution >= 0.6 is 0 Å². The number of nitrogens with zero attached hydrogens (tertiary/aromatic N) is 3. The zero-order valence-corrected chi connectivity index (χ0v) is 14.4. The highest BCUT2D eigenvalue weighted by atomic mass is 16.3. The Kier molecular flexibility index (Phi) is 4.52. The summed E-state index contributed by atoms with van der Waals surface area (Å²) in [7, 11) is 0. The van der Waals surface area contributed by atoms with Gasteiger partial charge in [-0.25, -0.2) is 10.4 Å². The highest BCUT2D eigenvalue weighted by Crippen LogP contribution is 2.18. The van der Waals surface area contributed by atoms with E-state index in [0.29, 0.717) is 11.3 Å². The van der Waals surface area contributed by atoms with Crippen LogP contribution in [0.1, 0.15) is 35.6 Å². The van der Waals surface area contributed by atoms with E-state index >= 15 is 0 Å². The van der Waals surface area contributed by atoms with E-state index in [1.165, 1.54) is 0 Å². The molecule has 0 aliphatic heterocycles. The van der Waals surface area contributed by atoms with Gasteiger partial charge in [0, 0.05) is 12.1 Å². The number of benzene rings is 2. The number of imidazole rings is 1. The van der Waals surface area contributed by atoms with Crippen LogP contribution in [0, 0.1) is 6.92 Å². The van der Waals surface area contributed by atoms with Crippen LogP contribution in [0.15, 0.2) is 47.6 Å². The lowest BCUT2D eigenvalue weighted by atomic mass is 10.1. The minimum absolute atomic E-state index is 0.190. The molecule has 2 aromatic carbocycles. The third kappa shape index (κ3) is 3.38. The Labute approximate surface area is 145 Å². The summed E-state index contributed by atoms with van der Waals surface area (Å²) in [5.41, 5.74) is 6.36. The summed E-state index contributed by atoms with van der Waals surface area (Å²) in [5.74, 6) is 0.829. The van der Waals surface area contributed by atoms with E-state index in [1.54, 1.807) is 43.3 Å². The molecule has 0 fully saturated rings. The monoisotopic (exact) mass is 336 g/mol. The van der Waals surface area contributed by atoms with Gasteiger partial charge in [0.15, 0.2) is 0 Å². The fraction of sp³-hybridized carbons (Fsp3) is 0.211. The Balaban J connectivity index is 1.80. The number of carbonyl (C=O) groups is 1. The van der Waals surface area contributed by atoms with Crippen molar-refractivity contribution in [2.24, 2.45) is 5.10 Å². The van der Waals surface area contributed by atoms with Crippen LogP contribution in [0.3, 0.4) is 0 Å². The first-order valence-electron chi connectivity index (χ1n) is 8.10. The molecule has 0 radical (unpaired) electrons. The van der Waals surface area contributed by atoms with Crippen LogP contribution < -0.4 is 5.43 Å². The molecule has 1 amide bonds. The minimum atomic E-state index is -0.288. The van der Waals surface area contributed by atoms with Crippen molar-refractivity contribution < 1.29 is 9.90 Å². The quantitative estimate of drug-likeness (QED) is 0.567. The van der Waals surface area contributed by atoms with Crippen molar-refractivity contribution in [3.05, 3.63) is 59.4 Å². The molecule has 0 spiro atoms. The number of aromatic hydroxyl groups is 1. The first-order chi connectivity index (χ1) is 12.0. The number of carbonyl (C=O) groups excluding carboxylic acids is 1. The van der Waals surface area contributed by atoms with E-state index in [1.807, 2.05) is 13.0 Å². The second-order valence-corrected chi connectivity index (χ2v) is 5.79. The lowest BCUT2D eigenvalue weighted by Gasteiger charge is -2.04. The molecule has 2 N–H and O–H groups in total. The fourth-order valence-electron chi connectivity index (χ4n) is 2.76. The third-order valence-corrected chi connectivity index (χ3v) is 4.13. The van der Waals surface area contributed by atoms with Crippen molar-refractivity contribution in [3.8, 4) is 5.75 Å². The van der Waals surface area contributed by atoms with Crippen LogP contribution in [0.25, 0.3) is 11.0 Å². The molecule has 0 saturated heterocycles. The molecular weight excluding hydrogens is 316 g/mol. The summed E-state index contributed by atoms with van der Waals surface area (Å²) >= 11 is 0. The zero-order valence-electron chi connectivity index (χ0n) is 14.4. The fourth-order valence-corrected chi connectivity index (χ4v) is 2.76. The predicted molar refractivity (Wildman–Crippen MR) is 97.9 cm³/mol. The summed E-state index contributed by atoms with van der Waals surface area (Å²) in [6.45, 7) is 6.65. The first-order valence-corrected chi connectivity index (χ1v) is 8.10. The van der Waals surface area contributed by atoms with E-state index in [-0.39, 0.29) is 11.7 Å². The summed E-state index contributed by atoms with van der Waals surface area (Å²) < 4.78 is 2.10. The number of phenols is 1. The van der Waals surface area contributed by atoms with Gasteiger partial charge < -0.3 is 9.67 Å². The maximum absolute atomic E-state index is 12.3. The molecule has 6 heteroatoms. The zero-order chi connectivity index (χ0) is 18.0. The normalized spacial score (nSPS) is 11.7. The van der Waals surface area contributed by atoms with Gasteiger partial charge in [-0.3, -0.25) is 4.79 Å². The maximum Gasteiger partial charge on any atom is 0.271 e. The number of rotatable bonds is 4. The molecule has 0 bridgehead atoms. The molecule has 0 atom stereocenters. The van der Waals surface area contributed by atoms with E-state index in [2.05, 4.69) is 27.0 Å².